The molecule has 1 saturated heterocycles. The molecule has 0 atom stereocenters. The first-order valence-electron chi connectivity index (χ1n) is 6.38. The number of anilines is 1. The molecular weight excluding hydrogens is 234 g/mol. The summed E-state index contributed by atoms with van der Waals surface area (Å²) in [6.07, 6.45) is 5.33. The maximum absolute atomic E-state index is 5.81. The number of rotatable bonds is 4. The molecule has 4 heteroatoms. The van der Waals surface area contributed by atoms with E-state index in [0.717, 1.165) is 5.82 Å². The van der Waals surface area contributed by atoms with E-state index in [4.69, 9.17) is 11.6 Å². The van der Waals surface area contributed by atoms with E-state index in [9.17, 15) is 0 Å². The van der Waals surface area contributed by atoms with Crippen LogP contribution in [0.1, 0.15) is 26.2 Å². The van der Waals surface area contributed by atoms with Crippen molar-refractivity contribution in [3.63, 3.8) is 0 Å². The molecule has 2 rings (SSSR count). The predicted molar refractivity (Wildman–Crippen MR) is 72.6 cm³/mol. The zero-order chi connectivity index (χ0) is 12.1. The lowest BCUT2D eigenvalue weighted by Crippen LogP contribution is -2.39. The third kappa shape index (κ3) is 3.86. The van der Waals surface area contributed by atoms with E-state index in [1.54, 1.807) is 6.20 Å². The number of halogens is 1. The molecule has 0 aromatic carbocycles. The van der Waals surface area contributed by atoms with Crippen LogP contribution in [0.4, 0.5) is 5.82 Å². The molecule has 0 bridgehead atoms. The van der Waals surface area contributed by atoms with Crippen molar-refractivity contribution in [2.45, 2.75) is 32.2 Å². The van der Waals surface area contributed by atoms with Crippen LogP contribution in [-0.4, -0.2) is 35.6 Å². The summed E-state index contributed by atoms with van der Waals surface area (Å²) in [7, 11) is 0. The highest BCUT2D eigenvalue weighted by Crippen LogP contribution is 2.16. The molecule has 0 unspecified atom stereocenters. The molecule has 0 spiro atoms. The van der Waals surface area contributed by atoms with Crippen LogP contribution in [0.5, 0.6) is 0 Å². The fraction of sp³-hybridized carbons (Fsp3) is 0.615. The maximum Gasteiger partial charge on any atom is 0.126 e. The SMILES string of the molecule is CCCN1CCC(Nc2ccc(Cl)cn2)CC1. The largest absolute Gasteiger partial charge is 0.367 e. The number of nitrogens with one attached hydrogen (secondary N) is 1. The van der Waals surface area contributed by atoms with Crippen LogP contribution < -0.4 is 5.32 Å². The fourth-order valence-electron chi connectivity index (χ4n) is 2.29. The van der Waals surface area contributed by atoms with E-state index in [1.807, 2.05) is 12.1 Å². The molecule has 1 fully saturated rings. The van der Waals surface area contributed by atoms with Gasteiger partial charge in [-0.3, -0.25) is 0 Å². The molecule has 0 amide bonds. The monoisotopic (exact) mass is 253 g/mol. The van der Waals surface area contributed by atoms with Gasteiger partial charge in [0.25, 0.3) is 0 Å². The Balaban J connectivity index is 1.79. The minimum Gasteiger partial charge on any atom is -0.367 e. The maximum atomic E-state index is 5.81. The van der Waals surface area contributed by atoms with Gasteiger partial charge in [-0.15, -0.1) is 0 Å². The molecule has 17 heavy (non-hydrogen) atoms. The number of likely N-dealkylation sites (tertiary alicyclic amines) is 1. The van der Waals surface area contributed by atoms with Gasteiger partial charge < -0.3 is 10.2 Å². The van der Waals surface area contributed by atoms with Crippen LogP contribution in [-0.2, 0) is 0 Å². The number of hydrogen-bond acceptors (Lipinski definition) is 3. The third-order valence-electron chi connectivity index (χ3n) is 3.21. The smallest absolute Gasteiger partial charge is 0.126 e. The Kier molecular flexibility index (Phi) is 4.63. The zero-order valence-corrected chi connectivity index (χ0v) is 11.1. The molecule has 94 valence electrons. The van der Waals surface area contributed by atoms with Gasteiger partial charge in [0.15, 0.2) is 0 Å². The zero-order valence-electron chi connectivity index (χ0n) is 10.3. The summed E-state index contributed by atoms with van der Waals surface area (Å²) in [5, 5.41) is 4.16. The highest BCUT2D eigenvalue weighted by Gasteiger charge is 2.18. The lowest BCUT2D eigenvalue weighted by atomic mass is 10.0. The van der Waals surface area contributed by atoms with E-state index < -0.39 is 0 Å². The van der Waals surface area contributed by atoms with Gasteiger partial charge >= 0.3 is 0 Å². The molecule has 1 aromatic heterocycles. The summed E-state index contributed by atoms with van der Waals surface area (Å²) in [6.45, 7) is 5.85. The molecular formula is C13H20ClN3. The molecule has 2 heterocycles. The normalized spacial score (nSPS) is 18.2. The topological polar surface area (TPSA) is 28.2 Å². The first-order chi connectivity index (χ1) is 8.28. The van der Waals surface area contributed by atoms with Gasteiger partial charge in [0.1, 0.15) is 5.82 Å². The van der Waals surface area contributed by atoms with Gasteiger partial charge in [-0.05, 0) is 37.9 Å². The van der Waals surface area contributed by atoms with E-state index in [1.165, 1.54) is 38.9 Å². The number of hydrogen-bond donors (Lipinski definition) is 1. The van der Waals surface area contributed by atoms with Crippen molar-refractivity contribution in [2.24, 2.45) is 0 Å². The molecule has 3 nitrogen and oxygen atoms in total. The number of aromatic nitrogens is 1. The number of piperidine rings is 1. The van der Waals surface area contributed by atoms with Gasteiger partial charge in [0, 0.05) is 25.3 Å². The van der Waals surface area contributed by atoms with Crippen molar-refractivity contribution in [3.05, 3.63) is 23.4 Å². The van der Waals surface area contributed by atoms with Crippen LogP contribution >= 0.6 is 11.6 Å². The van der Waals surface area contributed by atoms with Crippen LogP contribution in [0, 0.1) is 0 Å². The Morgan fingerprint density at radius 2 is 2.18 bits per heavy atom. The minimum absolute atomic E-state index is 0.553. The standard InChI is InChI=1S/C13H20ClN3/c1-2-7-17-8-5-12(6-9-17)16-13-4-3-11(14)10-15-13/h3-4,10,12H,2,5-9H2,1H3,(H,15,16). The quantitative estimate of drug-likeness (QED) is 0.894. The molecule has 1 aliphatic heterocycles. The molecule has 1 aromatic rings. The number of nitrogens with zero attached hydrogens (tertiary/aromatic N) is 2. The van der Waals surface area contributed by atoms with Crippen molar-refractivity contribution >= 4 is 17.4 Å². The molecule has 0 saturated carbocycles. The molecule has 1 N–H and O–H groups in total. The van der Waals surface area contributed by atoms with E-state index in [2.05, 4.69) is 22.1 Å². The van der Waals surface area contributed by atoms with E-state index in [0.29, 0.717) is 11.1 Å². The van der Waals surface area contributed by atoms with Crippen LogP contribution in [0.15, 0.2) is 18.3 Å². The summed E-state index contributed by atoms with van der Waals surface area (Å²) in [5.41, 5.74) is 0. The second kappa shape index (κ2) is 6.22. The van der Waals surface area contributed by atoms with Gasteiger partial charge in [0.2, 0.25) is 0 Å². The first-order valence-corrected chi connectivity index (χ1v) is 6.76. The summed E-state index contributed by atoms with van der Waals surface area (Å²) in [5.74, 6) is 0.934. The highest BCUT2D eigenvalue weighted by molar-refractivity contribution is 6.30. The Labute approximate surface area is 108 Å². The summed E-state index contributed by atoms with van der Waals surface area (Å²) >= 11 is 5.81. The second-order valence-corrected chi connectivity index (χ2v) is 5.06. The third-order valence-corrected chi connectivity index (χ3v) is 3.43. The van der Waals surface area contributed by atoms with Crippen LogP contribution in [0.3, 0.4) is 0 Å². The Hall–Kier alpha value is -0.800. The molecule has 1 aliphatic rings. The number of pyridine rings is 1. The second-order valence-electron chi connectivity index (χ2n) is 4.62. The van der Waals surface area contributed by atoms with Gasteiger partial charge in [-0.2, -0.15) is 0 Å². The van der Waals surface area contributed by atoms with Crippen molar-refractivity contribution in [3.8, 4) is 0 Å². The van der Waals surface area contributed by atoms with Gasteiger partial charge in [-0.25, -0.2) is 4.98 Å². The first kappa shape index (κ1) is 12.7. The molecule has 0 radical (unpaired) electrons. The van der Waals surface area contributed by atoms with Crippen LogP contribution in [0.25, 0.3) is 0 Å². The highest BCUT2D eigenvalue weighted by atomic mass is 35.5. The lowest BCUT2D eigenvalue weighted by molar-refractivity contribution is 0.219. The average Bonchev–Trinajstić information content (AvgIpc) is 2.35. The van der Waals surface area contributed by atoms with Crippen molar-refractivity contribution in [1.82, 2.24) is 9.88 Å². The summed E-state index contributed by atoms with van der Waals surface area (Å²) in [6, 6.07) is 4.38. The van der Waals surface area contributed by atoms with Gasteiger partial charge in [-0.1, -0.05) is 18.5 Å². The van der Waals surface area contributed by atoms with Crippen molar-refractivity contribution in [2.75, 3.05) is 25.0 Å². The van der Waals surface area contributed by atoms with Crippen LogP contribution in [0.2, 0.25) is 5.02 Å². The van der Waals surface area contributed by atoms with Gasteiger partial charge in [0.05, 0.1) is 5.02 Å². The van der Waals surface area contributed by atoms with E-state index >= 15 is 0 Å². The molecule has 0 aliphatic carbocycles. The summed E-state index contributed by atoms with van der Waals surface area (Å²) in [4.78, 5) is 6.81. The van der Waals surface area contributed by atoms with Crippen molar-refractivity contribution in [1.29, 1.82) is 0 Å². The summed E-state index contributed by atoms with van der Waals surface area (Å²) < 4.78 is 0. The Morgan fingerprint density at radius 1 is 1.41 bits per heavy atom. The van der Waals surface area contributed by atoms with E-state index in [-0.39, 0.29) is 0 Å². The Morgan fingerprint density at radius 3 is 2.76 bits per heavy atom. The predicted octanol–water partition coefficient (Wildman–Crippen LogP) is 3.02. The lowest BCUT2D eigenvalue weighted by Gasteiger charge is -2.32. The Bertz CT molecular complexity index is 331. The average molecular weight is 254 g/mol. The van der Waals surface area contributed by atoms with Crippen molar-refractivity contribution < 1.29 is 0 Å². The fourth-order valence-corrected chi connectivity index (χ4v) is 2.40. The minimum atomic E-state index is 0.553.